The minimum absolute atomic E-state index is 0.0475. The molecular weight excluding hydrogens is 202 g/mol. The van der Waals surface area contributed by atoms with Crippen LogP contribution in [0.1, 0.15) is 0 Å². The highest BCUT2D eigenvalue weighted by Crippen LogP contribution is 2.09. The topological polar surface area (TPSA) is 50.7 Å². The minimum Gasteiger partial charge on any atom is -0.357 e. The lowest BCUT2D eigenvalue weighted by molar-refractivity contribution is 0.997. The van der Waals surface area contributed by atoms with Crippen molar-refractivity contribution in [2.45, 2.75) is 0 Å². The average molecular weight is 211 g/mol. The Bertz CT molecular complexity index is 682. The van der Waals surface area contributed by atoms with Crippen LogP contribution in [0.3, 0.4) is 0 Å². The summed E-state index contributed by atoms with van der Waals surface area (Å²) in [6, 6.07) is 7.40. The van der Waals surface area contributed by atoms with Gasteiger partial charge >= 0.3 is 0 Å². The van der Waals surface area contributed by atoms with Gasteiger partial charge in [0, 0.05) is 30.2 Å². The molecule has 0 atom stereocenters. The number of nitrogens with one attached hydrogen (secondary N) is 1. The quantitative estimate of drug-likeness (QED) is 0.666. The molecule has 3 aromatic rings. The molecule has 0 bridgehead atoms. The SMILES string of the molecule is O=c1c2[nH]ccc2ccn1-c1ccncc1. The summed E-state index contributed by atoms with van der Waals surface area (Å²) in [4.78, 5) is 19.0. The van der Waals surface area contributed by atoms with Crippen LogP contribution in [0, 0.1) is 0 Å². The van der Waals surface area contributed by atoms with E-state index >= 15 is 0 Å². The van der Waals surface area contributed by atoms with Crippen LogP contribution in [0.2, 0.25) is 0 Å². The van der Waals surface area contributed by atoms with E-state index in [-0.39, 0.29) is 5.56 Å². The maximum absolute atomic E-state index is 12.1. The van der Waals surface area contributed by atoms with Crippen molar-refractivity contribution in [2.75, 3.05) is 0 Å². The molecule has 0 saturated carbocycles. The summed E-state index contributed by atoms with van der Waals surface area (Å²) in [6.45, 7) is 0. The molecule has 16 heavy (non-hydrogen) atoms. The van der Waals surface area contributed by atoms with E-state index in [4.69, 9.17) is 0 Å². The van der Waals surface area contributed by atoms with Crippen LogP contribution >= 0.6 is 0 Å². The molecule has 1 N–H and O–H groups in total. The first-order chi connectivity index (χ1) is 7.86. The minimum atomic E-state index is -0.0475. The first-order valence-corrected chi connectivity index (χ1v) is 4.95. The highest BCUT2D eigenvalue weighted by atomic mass is 16.1. The number of nitrogens with zero attached hydrogens (tertiary/aromatic N) is 2. The first-order valence-electron chi connectivity index (χ1n) is 4.95. The largest absolute Gasteiger partial charge is 0.357 e. The summed E-state index contributed by atoms with van der Waals surface area (Å²) in [5.41, 5.74) is 1.39. The summed E-state index contributed by atoms with van der Waals surface area (Å²) in [5.74, 6) is 0. The smallest absolute Gasteiger partial charge is 0.279 e. The molecule has 0 aliphatic carbocycles. The van der Waals surface area contributed by atoms with Gasteiger partial charge in [-0.25, -0.2) is 0 Å². The second-order valence-electron chi connectivity index (χ2n) is 3.50. The van der Waals surface area contributed by atoms with Gasteiger partial charge in [0.1, 0.15) is 5.52 Å². The third-order valence-corrected chi connectivity index (χ3v) is 2.56. The standard InChI is InChI=1S/C12H9N3O/c16-12-11-9(1-7-14-11)4-8-15(12)10-2-5-13-6-3-10/h1-8,14H. The molecule has 0 fully saturated rings. The summed E-state index contributed by atoms with van der Waals surface area (Å²) >= 11 is 0. The molecule has 3 rings (SSSR count). The number of pyridine rings is 2. The lowest BCUT2D eigenvalue weighted by Crippen LogP contribution is -2.17. The highest BCUT2D eigenvalue weighted by molar-refractivity contribution is 5.78. The molecular formula is C12H9N3O. The molecule has 3 aromatic heterocycles. The van der Waals surface area contributed by atoms with Crippen molar-refractivity contribution in [3.05, 3.63) is 59.4 Å². The van der Waals surface area contributed by atoms with Crippen molar-refractivity contribution >= 4 is 10.9 Å². The lowest BCUT2D eigenvalue weighted by Gasteiger charge is -2.04. The Labute approximate surface area is 91.2 Å². The van der Waals surface area contributed by atoms with Gasteiger partial charge in [-0.2, -0.15) is 0 Å². The average Bonchev–Trinajstić information content (AvgIpc) is 2.80. The number of aromatic nitrogens is 3. The normalized spacial score (nSPS) is 10.8. The van der Waals surface area contributed by atoms with Crippen molar-refractivity contribution < 1.29 is 0 Å². The van der Waals surface area contributed by atoms with E-state index in [0.717, 1.165) is 11.1 Å². The zero-order valence-corrected chi connectivity index (χ0v) is 8.42. The molecule has 4 heteroatoms. The van der Waals surface area contributed by atoms with Crippen LogP contribution in [0.5, 0.6) is 0 Å². The zero-order chi connectivity index (χ0) is 11.0. The van der Waals surface area contributed by atoms with Crippen LogP contribution in [-0.2, 0) is 0 Å². The van der Waals surface area contributed by atoms with Crippen molar-refractivity contribution in [3.63, 3.8) is 0 Å². The molecule has 4 nitrogen and oxygen atoms in total. The summed E-state index contributed by atoms with van der Waals surface area (Å²) in [5, 5.41) is 0.926. The van der Waals surface area contributed by atoms with Gasteiger partial charge in [-0.1, -0.05) is 0 Å². The van der Waals surface area contributed by atoms with E-state index in [2.05, 4.69) is 9.97 Å². The number of H-pyrrole nitrogens is 1. The number of aromatic amines is 1. The third kappa shape index (κ3) is 1.24. The third-order valence-electron chi connectivity index (χ3n) is 2.56. The van der Waals surface area contributed by atoms with E-state index in [9.17, 15) is 4.79 Å². The van der Waals surface area contributed by atoms with Crippen LogP contribution in [0.4, 0.5) is 0 Å². The van der Waals surface area contributed by atoms with E-state index in [1.165, 1.54) is 0 Å². The molecule has 3 heterocycles. The molecule has 0 unspecified atom stereocenters. The maximum atomic E-state index is 12.1. The molecule has 0 spiro atoms. The van der Waals surface area contributed by atoms with Gasteiger partial charge in [0.2, 0.25) is 0 Å². The van der Waals surface area contributed by atoms with Gasteiger partial charge in [0.05, 0.1) is 5.69 Å². The van der Waals surface area contributed by atoms with E-state index in [1.54, 1.807) is 41.5 Å². The fourth-order valence-electron chi connectivity index (χ4n) is 1.76. The predicted molar refractivity (Wildman–Crippen MR) is 61.7 cm³/mol. The molecule has 0 saturated heterocycles. The van der Waals surface area contributed by atoms with Gasteiger partial charge in [-0.05, 0) is 24.3 Å². The second kappa shape index (κ2) is 3.34. The van der Waals surface area contributed by atoms with Crippen LogP contribution < -0.4 is 5.56 Å². The van der Waals surface area contributed by atoms with Crippen molar-refractivity contribution in [2.24, 2.45) is 0 Å². The van der Waals surface area contributed by atoms with Gasteiger partial charge < -0.3 is 4.98 Å². The Kier molecular flexibility index (Phi) is 1.86. The maximum Gasteiger partial charge on any atom is 0.279 e. The van der Waals surface area contributed by atoms with Crippen molar-refractivity contribution in [3.8, 4) is 5.69 Å². The first kappa shape index (κ1) is 8.91. The molecule has 0 aliphatic rings. The van der Waals surface area contributed by atoms with E-state index in [1.807, 2.05) is 12.1 Å². The van der Waals surface area contributed by atoms with Gasteiger partial charge in [0.25, 0.3) is 5.56 Å². The number of fused-ring (bicyclic) bond motifs is 1. The Hall–Kier alpha value is -2.36. The summed E-state index contributed by atoms with van der Waals surface area (Å²) in [7, 11) is 0. The number of hydrogen-bond acceptors (Lipinski definition) is 2. The van der Waals surface area contributed by atoms with Crippen LogP contribution in [0.15, 0.2) is 53.8 Å². The molecule has 0 aliphatic heterocycles. The van der Waals surface area contributed by atoms with Gasteiger partial charge in [0.15, 0.2) is 0 Å². The van der Waals surface area contributed by atoms with Crippen molar-refractivity contribution in [1.29, 1.82) is 0 Å². The summed E-state index contributed by atoms with van der Waals surface area (Å²) < 4.78 is 1.60. The fraction of sp³-hybridized carbons (Fsp3) is 0. The zero-order valence-electron chi connectivity index (χ0n) is 8.42. The Morgan fingerprint density at radius 2 is 1.94 bits per heavy atom. The summed E-state index contributed by atoms with van der Waals surface area (Å²) in [6.07, 6.45) is 6.87. The van der Waals surface area contributed by atoms with Crippen molar-refractivity contribution in [1.82, 2.24) is 14.5 Å². The molecule has 0 radical (unpaired) electrons. The number of hydrogen-bond donors (Lipinski definition) is 1. The molecule has 78 valence electrons. The van der Waals surface area contributed by atoms with E-state index in [0.29, 0.717) is 5.52 Å². The van der Waals surface area contributed by atoms with Gasteiger partial charge in [-0.3, -0.25) is 14.3 Å². The number of rotatable bonds is 1. The highest BCUT2D eigenvalue weighted by Gasteiger charge is 2.04. The van der Waals surface area contributed by atoms with E-state index < -0.39 is 0 Å². The molecule has 0 aromatic carbocycles. The predicted octanol–water partition coefficient (Wildman–Crippen LogP) is 1.71. The Balaban J connectivity index is 2.33. The lowest BCUT2D eigenvalue weighted by atomic mass is 10.3. The van der Waals surface area contributed by atoms with Crippen LogP contribution in [0.25, 0.3) is 16.6 Å². The van der Waals surface area contributed by atoms with Crippen LogP contribution in [-0.4, -0.2) is 14.5 Å². The Morgan fingerprint density at radius 1 is 1.12 bits per heavy atom. The van der Waals surface area contributed by atoms with Gasteiger partial charge in [-0.15, -0.1) is 0 Å². The monoisotopic (exact) mass is 211 g/mol. The molecule has 0 amide bonds. The fourth-order valence-corrected chi connectivity index (χ4v) is 1.76. The second-order valence-corrected chi connectivity index (χ2v) is 3.50. The Morgan fingerprint density at radius 3 is 2.75 bits per heavy atom.